The van der Waals surface area contributed by atoms with Crippen LogP contribution in [0.15, 0.2) is 144 Å². The fourth-order valence-electron chi connectivity index (χ4n) is 7.10. The normalized spacial score (nSPS) is 13.9. The highest BCUT2D eigenvalue weighted by molar-refractivity contribution is 8.00. The molecule has 5 aromatic carbocycles. The van der Waals surface area contributed by atoms with E-state index in [1.807, 2.05) is 54.6 Å². The van der Waals surface area contributed by atoms with E-state index in [0.717, 1.165) is 28.8 Å². The van der Waals surface area contributed by atoms with Crippen molar-refractivity contribution in [1.29, 1.82) is 0 Å². The largest absolute Gasteiger partial charge is 0.497 e. The lowest BCUT2D eigenvalue weighted by Gasteiger charge is -2.22. The third kappa shape index (κ3) is 9.79. The fraction of sp³-hybridized carbons (Fsp3) is 0.167. The summed E-state index contributed by atoms with van der Waals surface area (Å²) >= 11 is 2.73. The van der Waals surface area contributed by atoms with Crippen LogP contribution in [0.1, 0.15) is 65.4 Å². The van der Waals surface area contributed by atoms with E-state index in [-0.39, 0.29) is 11.6 Å². The number of nitrogens with one attached hydrogen (secondary N) is 3. The maximum atomic E-state index is 14.4. The first kappa shape index (κ1) is 41.5. The molecule has 1 heterocycles. The zero-order chi connectivity index (χ0) is 42.0. The predicted octanol–water partition coefficient (Wildman–Crippen LogP) is 9.71. The maximum Gasteiger partial charge on any atom is 0.341 e. The number of methoxy groups -OCH3 is 3. The first-order valence-electron chi connectivity index (χ1n) is 19.3. The summed E-state index contributed by atoms with van der Waals surface area (Å²) in [4.78, 5) is 56.7. The molecule has 0 aliphatic heterocycles. The van der Waals surface area contributed by atoms with Crippen LogP contribution in [0, 0.1) is 0 Å². The van der Waals surface area contributed by atoms with Gasteiger partial charge < -0.3 is 30.2 Å². The Balaban J connectivity index is 1.14. The molecule has 2 unspecified atom stereocenters. The van der Waals surface area contributed by atoms with E-state index < -0.39 is 23.0 Å². The van der Waals surface area contributed by atoms with Crippen LogP contribution >= 0.6 is 23.1 Å². The van der Waals surface area contributed by atoms with Crippen molar-refractivity contribution in [2.24, 2.45) is 0 Å². The van der Waals surface area contributed by atoms with Gasteiger partial charge in [-0.15, -0.1) is 23.1 Å². The first-order valence-corrected chi connectivity index (χ1v) is 21.0. The number of esters is 1. The molecule has 0 spiro atoms. The number of thiophene rings is 1. The molecule has 1 aliphatic rings. The molecular formula is C48H43N3O7S2. The Bertz CT molecular complexity index is 2520. The SMILES string of the molecule is COC(=O)c1c(NC(=O)C(Sc2cccc(NC(=O)/C(=C\c3ccc(OC)cc3OC)NC(=O)c3ccccc3)c2)c2ccccc2)sc2c1CCC(c1ccccc1)C2. The summed E-state index contributed by atoms with van der Waals surface area (Å²) in [6, 6.07) is 40.6. The fourth-order valence-corrected chi connectivity index (χ4v) is 9.50. The van der Waals surface area contributed by atoms with E-state index in [1.165, 1.54) is 49.0 Å². The number of hydrogen-bond acceptors (Lipinski definition) is 9. The standard InChI is InChI=1S/C48H43N3O7S2/c1-56-36-24-22-34(40(29-36)57-2)26-39(50-44(52)32-18-11-6-12-19-32)45(53)49-35-20-13-21-37(28-35)59-43(31-16-9-5-10-17-31)46(54)51-47-42(48(55)58-3)38-25-23-33(27-41(38)60-47)30-14-7-4-8-15-30/h4-22,24,26,28-29,33,43H,23,25,27H2,1-3H3,(H,49,53)(H,50,52)(H,51,54)/b39-26+. The smallest absolute Gasteiger partial charge is 0.341 e. The van der Waals surface area contributed by atoms with Gasteiger partial charge in [-0.25, -0.2) is 4.79 Å². The monoisotopic (exact) mass is 837 g/mol. The van der Waals surface area contributed by atoms with Gasteiger partial charge in [-0.1, -0.05) is 84.9 Å². The third-order valence-corrected chi connectivity index (χ3v) is 12.5. The molecule has 1 aliphatic carbocycles. The summed E-state index contributed by atoms with van der Waals surface area (Å²) in [6.45, 7) is 0. The minimum atomic E-state index is -0.734. The molecule has 0 fully saturated rings. The molecule has 0 radical (unpaired) electrons. The quantitative estimate of drug-likeness (QED) is 0.0562. The zero-order valence-electron chi connectivity index (χ0n) is 33.2. The summed E-state index contributed by atoms with van der Waals surface area (Å²) in [7, 11) is 4.41. The van der Waals surface area contributed by atoms with Gasteiger partial charge in [0.1, 0.15) is 27.4 Å². The molecule has 6 aromatic rings. The Hall–Kier alpha value is -6.63. The molecule has 3 N–H and O–H groups in total. The number of hydrogen-bond donors (Lipinski definition) is 3. The van der Waals surface area contributed by atoms with Crippen molar-refractivity contribution in [3.8, 4) is 11.5 Å². The van der Waals surface area contributed by atoms with Gasteiger partial charge in [0, 0.05) is 32.7 Å². The summed E-state index contributed by atoms with van der Waals surface area (Å²) < 4.78 is 16.1. The Morgan fingerprint density at radius 1 is 0.783 bits per heavy atom. The van der Waals surface area contributed by atoms with Gasteiger partial charge in [0.15, 0.2) is 0 Å². The van der Waals surface area contributed by atoms with Gasteiger partial charge in [-0.3, -0.25) is 14.4 Å². The number of anilines is 2. The number of fused-ring (bicyclic) bond motifs is 1. The molecule has 1 aromatic heterocycles. The van der Waals surface area contributed by atoms with Crippen molar-refractivity contribution >= 4 is 63.6 Å². The lowest BCUT2D eigenvalue weighted by atomic mass is 9.83. The van der Waals surface area contributed by atoms with Crippen LogP contribution in [-0.4, -0.2) is 45.0 Å². The van der Waals surface area contributed by atoms with Gasteiger partial charge in [0.05, 0.1) is 26.9 Å². The minimum Gasteiger partial charge on any atom is -0.497 e. The van der Waals surface area contributed by atoms with Gasteiger partial charge in [-0.05, 0) is 90.4 Å². The Morgan fingerprint density at radius 2 is 1.50 bits per heavy atom. The Kier molecular flexibility index (Phi) is 13.4. The number of benzene rings is 5. The van der Waals surface area contributed by atoms with Gasteiger partial charge in [0.2, 0.25) is 5.91 Å². The zero-order valence-corrected chi connectivity index (χ0v) is 34.9. The van der Waals surface area contributed by atoms with Gasteiger partial charge in [-0.2, -0.15) is 0 Å². The molecule has 7 rings (SSSR count). The second-order valence-electron chi connectivity index (χ2n) is 13.9. The van der Waals surface area contributed by atoms with E-state index in [2.05, 4.69) is 28.1 Å². The van der Waals surface area contributed by atoms with Crippen LogP contribution in [0.25, 0.3) is 6.08 Å². The predicted molar refractivity (Wildman–Crippen MR) is 237 cm³/mol. The highest BCUT2D eigenvalue weighted by atomic mass is 32.2. The Labute approximate surface area is 357 Å². The van der Waals surface area contributed by atoms with Crippen LogP contribution in [0.4, 0.5) is 10.7 Å². The molecule has 2 atom stereocenters. The highest BCUT2D eigenvalue weighted by Gasteiger charge is 2.32. The van der Waals surface area contributed by atoms with Crippen LogP contribution in [-0.2, 0) is 27.2 Å². The maximum absolute atomic E-state index is 14.4. The number of ether oxygens (including phenoxy) is 3. The van der Waals surface area contributed by atoms with Crippen molar-refractivity contribution in [2.75, 3.05) is 32.0 Å². The van der Waals surface area contributed by atoms with E-state index in [0.29, 0.717) is 56.1 Å². The number of amides is 3. The van der Waals surface area contributed by atoms with E-state index >= 15 is 0 Å². The second kappa shape index (κ2) is 19.4. The van der Waals surface area contributed by atoms with E-state index in [1.54, 1.807) is 73.8 Å². The molecule has 0 saturated heterocycles. The van der Waals surface area contributed by atoms with Crippen LogP contribution in [0.3, 0.4) is 0 Å². The van der Waals surface area contributed by atoms with Crippen molar-refractivity contribution in [1.82, 2.24) is 5.32 Å². The van der Waals surface area contributed by atoms with E-state index in [9.17, 15) is 19.2 Å². The number of carbonyl (C=O) groups is 4. The van der Waals surface area contributed by atoms with E-state index in [4.69, 9.17) is 14.2 Å². The number of carbonyl (C=O) groups excluding carboxylic acids is 4. The summed E-state index contributed by atoms with van der Waals surface area (Å²) in [5, 5.41) is 8.54. The molecular weight excluding hydrogens is 795 g/mol. The van der Waals surface area contributed by atoms with Crippen molar-refractivity contribution in [3.05, 3.63) is 177 Å². The average Bonchev–Trinajstić information content (AvgIpc) is 3.65. The molecule has 3 amide bonds. The molecule has 304 valence electrons. The average molecular weight is 838 g/mol. The minimum absolute atomic E-state index is 0.0259. The summed E-state index contributed by atoms with van der Waals surface area (Å²) in [5.41, 5.74) is 4.67. The van der Waals surface area contributed by atoms with Gasteiger partial charge >= 0.3 is 5.97 Å². The van der Waals surface area contributed by atoms with Crippen LogP contribution in [0.5, 0.6) is 11.5 Å². The Morgan fingerprint density at radius 3 is 2.20 bits per heavy atom. The molecule has 60 heavy (non-hydrogen) atoms. The van der Waals surface area contributed by atoms with Crippen LogP contribution < -0.4 is 25.4 Å². The second-order valence-corrected chi connectivity index (χ2v) is 16.2. The van der Waals surface area contributed by atoms with Crippen molar-refractivity contribution in [2.45, 2.75) is 35.3 Å². The van der Waals surface area contributed by atoms with Crippen molar-refractivity contribution in [3.63, 3.8) is 0 Å². The lowest BCUT2D eigenvalue weighted by molar-refractivity contribution is -0.116. The molecule has 0 saturated carbocycles. The number of rotatable bonds is 14. The summed E-state index contributed by atoms with van der Waals surface area (Å²) in [5.74, 6) is -0.528. The first-order chi connectivity index (χ1) is 29.2. The summed E-state index contributed by atoms with van der Waals surface area (Å²) in [6.07, 6.45) is 3.88. The lowest BCUT2D eigenvalue weighted by Crippen LogP contribution is -2.30. The molecule has 12 heteroatoms. The molecule has 10 nitrogen and oxygen atoms in total. The highest BCUT2D eigenvalue weighted by Crippen LogP contribution is 2.44. The number of thioether (sulfide) groups is 1. The topological polar surface area (TPSA) is 132 Å². The van der Waals surface area contributed by atoms with Gasteiger partial charge in [0.25, 0.3) is 11.8 Å². The van der Waals surface area contributed by atoms with Crippen LogP contribution in [0.2, 0.25) is 0 Å². The molecule has 0 bridgehead atoms. The third-order valence-electron chi connectivity index (χ3n) is 10.1. The van der Waals surface area contributed by atoms with Crippen molar-refractivity contribution < 1.29 is 33.4 Å².